The zero-order chi connectivity index (χ0) is 30.3. The maximum atomic E-state index is 12.1. The maximum Gasteiger partial charge on any atom is 0.307 e. The van der Waals surface area contributed by atoms with Crippen molar-refractivity contribution in [1.82, 2.24) is 9.38 Å². The molecule has 4 aromatic rings. The number of carbonyl (C=O) groups is 1. The Bertz CT molecular complexity index is 1690. The van der Waals surface area contributed by atoms with Crippen LogP contribution in [-0.2, 0) is 20.7 Å². The minimum atomic E-state index is -0.880. The van der Waals surface area contributed by atoms with Crippen LogP contribution in [0.3, 0.4) is 0 Å². The van der Waals surface area contributed by atoms with Crippen molar-refractivity contribution in [3.8, 4) is 28.1 Å². The Morgan fingerprint density at radius 2 is 1.74 bits per heavy atom. The van der Waals surface area contributed by atoms with E-state index in [1.165, 1.54) is 0 Å². The predicted octanol–water partition coefficient (Wildman–Crippen LogP) is 6.66. The summed E-state index contributed by atoms with van der Waals surface area (Å²) in [7, 11) is 0. The average Bonchev–Trinajstić information content (AvgIpc) is 3.32. The number of anilines is 1. The van der Waals surface area contributed by atoms with Crippen LogP contribution in [0.15, 0.2) is 42.5 Å². The van der Waals surface area contributed by atoms with Crippen molar-refractivity contribution in [2.45, 2.75) is 52.6 Å². The van der Waals surface area contributed by atoms with Gasteiger partial charge in [-0.25, -0.2) is 4.98 Å². The van der Waals surface area contributed by atoms with Gasteiger partial charge in [0.25, 0.3) is 0 Å². The van der Waals surface area contributed by atoms with Gasteiger partial charge in [0.2, 0.25) is 0 Å². The number of aliphatic carboxylic acids is 1. The normalized spacial score (nSPS) is 17.1. The molecule has 8 nitrogen and oxygen atoms in total. The van der Waals surface area contributed by atoms with Gasteiger partial charge in [-0.2, -0.15) is 0 Å². The van der Waals surface area contributed by atoms with Crippen LogP contribution in [0.25, 0.3) is 28.0 Å². The van der Waals surface area contributed by atoms with E-state index in [9.17, 15) is 9.90 Å². The van der Waals surface area contributed by atoms with Gasteiger partial charge in [0.1, 0.15) is 34.7 Å². The first-order valence-electron chi connectivity index (χ1n) is 14.9. The van der Waals surface area contributed by atoms with Gasteiger partial charge < -0.3 is 24.2 Å². The lowest BCUT2D eigenvalue weighted by molar-refractivity contribution is -0.136. The van der Waals surface area contributed by atoms with E-state index in [0.717, 1.165) is 69.0 Å². The number of benzene rings is 2. The molecule has 0 aliphatic carbocycles. The van der Waals surface area contributed by atoms with E-state index >= 15 is 0 Å². The highest BCUT2D eigenvalue weighted by atomic mass is 35.5. The highest BCUT2D eigenvalue weighted by molar-refractivity contribution is 6.32. The van der Waals surface area contributed by atoms with Crippen molar-refractivity contribution in [3.63, 3.8) is 0 Å². The molecule has 0 radical (unpaired) electrons. The summed E-state index contributed by atoms with van der Waals surface area (Å²) in [4.78, 5) is 19.4. The third-order valence-corrected chi connectivity index (χ3v) is 9.20. The zero-order valence-electron chi connectivity index (χ0n) is 25.2. The number of aryl methyl sites for hydroxylation is 2. The van der Waals surface area contributed by atoms with Crippen molar-refractivity contribution < 1.29 is 24.1 Å². The molecule has 43 heavy (non-hydrogen) atoms. The molecular formula is C34H38ClN3O5. The molecule has 1 N–H and O–H groups in total. The zero-order valence-corrected chi connectivity index (χ0v) is 26.0. The third kappa shape index (κ3) is 5.71. The molecule has 1 fully saturated rings. The van der Waals surface area contributed by atoms with E-state index in [4.69, 9.17) is 30.8 Å². The number of halogens is 1. The second kappa shape index (κ2) is 11.8. The maximum absolute atomic E-state index is 12.1. The molecule has 9 heteroatoms. The Morgan fingerprint density at radius 3 is 2.51 bits per heavy atom. The predicted molar refractivity (Wildman–Crippen MR) is 169 cm³/mol. The number of pyridine rings is 1. The topological polar surface area (TPSA) is 85.5 Å². The van der Waals surface area contributed by atoms with E-state index < -0.39 is 5.97 Å². The number of fused-ring (bicyclic) bond motifs is 8. The molecule has 0 unspecified atom stereocenters. The molecule has 2 aromatic carbocycles. The number of hydrogen-bond acceptors (Lipinski definition) is 6. The second-order valence-corrected chi connectivity index (χ2v) is 12.2. The van der Waals surface area contributed by atoms with E-state index in [-0.39, 0.29) is 12.0 Å². The van der Waals surface area contributed by atoms with Crippen LogP contribution in [-0.4, -0.2) is 65.6 Å². The molecule has 2 aromatic heterocycles. The molecular weight excluding hydrogens is 566 g/mol. The number of nitrogens with zero attached hydrogens (tertiary/aromatic N) is 3. The standard InChI is InChI=1S/C34H38ClN3O5/c1-21-8-9-26-24-6-5-7-25(19-24)30-31(35)38-32(36-30)23(3)22(2)27(20-29(39)40)33(38)37-12-10-34(4,11-13-37)43-17-15-41-14-16-42-28(26)18-21/h5-9,18-19H,10-17,20H2,1-4H3,(H,39,40). The summed E-state index contributed by atoms with van der Waals surface area (Å²) < 4.78 is 20.4. The molecule has 0 atom stereocenters. The van der Waals surface area contributed by atoms with E-state index in [0.29, 0.717) is 50.4 Å². The minimum absolute atomic E-state index is 0.102. The highest BCUT2D eigenvalue weighted by Crippen LogP contribution is 2.41. The number of rotatable bonds is 2. The molecule has 0 saturated carbocycles. The monoisotopic (exact) mass is 603 g/mol. The smallest absolute Gasteiger partial charge is 0.307 e. The Hall–Kier alpha value is -3.59. The quantitative estimate of drug-likeness (QED) is 0.257. The lowest BCUT2D eigenvalue weighted by Crippen LogP contribution is -2.45. The first kappa shape index (κ1) is 29.5. The molecule has 226 valence electrons. The SMILES string of the molecule is Cc1ccc2c(c1)OCCOCCOC1(C)CCN(CC1)c1c(CC(=O)O)c(C)c(C)c3nc(c(Cl)n13)-c1cccc-2c1. The number of carboxylic acids is 1. The first-order valence-corrected chi connectivity index (χ1v) is 15.3. The summed E-state index contributed by atoms with van der Waals surface area (Å²) in [6, 6.07) is 14.4. The fourth-order valence-electron chi connectivity index (χ4n) is 6.24. The van der Waals surface area contributed by atoms with Crippen molar-refractivity contribution in [2.24, 2.45) is 0 Å². The fraction of sp³-hybridized carbons (Fsp3) is 0.412. The van der Waals surface area contributed by atoms with Gasteiger partial charge in [0.05, 0.1) is 31.8 Å². The second-order valence-electron chi connectivity index (χ2n) is 11.9. The largest absolute Gasteiger partial charge is 0.491 e. The lowest BCUT2D eigenvalue weighted by Gasteiger charge is -2.41. The van der Waals surface area contributed by atoms with Gasteiger partial charge in [-0.05, 0) is 74.9 Å². The van der Waals surface area contributed by atoms with Crippen molar-refractivity contribution >= 4 is 29.0 Å². The van der Waals surface area contributed by atoms with Crippen LogP contribution in [0.4, 0.5) is 5.82 Å². The minimum Gasteiger partial charge on any atom is -0.491 e. The summed E-state index contributed by atoms with van der Waals surface area (Å²) in [6.45, 7) is 11.4. The fourth-order valence-corrected chi connectivity index (χ4v) is 6.55. The van der Waals surface area contributed by atoms with Gasteiger partial charge in [0.15, 0.2) is 0 Å². The van der Waals surface area contributed by atoms with E-state index in [2.05, 4.69) is 36.1 Å². The van der Waals surface area contributed by atoms with Crippen LogP contribution >= 0.6 is 11.6 Å². The van der Waals surface area contributed by atoms with Gasteiger partial charge in [-0.15, -0.1) is 0 Å². The molecule has 3 aliphatic heterocycles. The Balaban J connectivity index is 1.55. The van der Waals surface area contributed by atoms with Crippen LogP contribution in [0, 0.1) is 20.8 Å². The summed E-state index contributed by atoms with van der Waals surface area (Å²) in [5.74, 6) is 0.710. The van der Waals surface area contributed by atoms with Gasteiger partial charge in [-0.3, -0.25) is 9.20 Å². The molecule has 3 aliphatic rings. The van der Waals surface area contributed by atoms with Crippen molar-refractivity contribution in [1.29, 1.82) is 0 Å². The number of aromatic nitrogens is 2. The van der Waals surface area contributed by atoms with Gasteiger partial charge in [-0.1, -0.05) is 41.9 Å². The van der Waals surface area contributed by atoms with Crippen LogP contribution in [0.2, 0.25) is 5.15 Å². The molecule has 1 saturated heterocycles. The molecule has 0 amide bonds. The summed E-state index contributed by atoms with van der Waals surface area (Å²) in [5, 5.41) is 10.4. The molecule has 7 rings (SSSR count). The van der Waals surface area contributed by atoms with Crippen LogP contribution in [0.1, 0.15) is 42.0 Å². The highest BCUT2D eigenvalue weighted by Gasteiger charge is 2.34. The number of hydrogen-bond donors (Lipinski definition) is 1. The third-order valence-electron chi connectivity index (χ3n) is 8.85. The van der Waals surface area contributed by atoms with E-state index in [1.807, 2.05) is 43.4 Å². The first-order chi connectivity index (χ1) is 20.6. The van der Waals surface area contributed by atoms with Gasteiger partial charge >= 0.3 is 5.97 Å². The number of piperidine rings is 1. The molecule has 6 bridgehead atoms. The Labute approximate surface area is 257 Å². The molecule has 5 heterocycles. The number of carboxylic acid groups (broad SMARTS) is 1. The lowest BCUT2D eigenvalue weighted by atomic mass is 9.92. The number of imidazole rings is 1. The summed E-state index contributed by atoms with van der Waals surface area (Å²) in [6.07, 6.45) is 1.47. The summed E-state index contributed by atoms with van der Waals surface area (Å²) in [5.41, 5.74) is 7.63. The van der Waals surface area contributed by atoms with Crippen molar-refractivity contribution in [2.75, 3.05) is 44.4 Å². The number of ether oxygens (including phenoxy) is 3. The average molecular weight is 604 g/mol. The van der Waals surface area contributed by atoms with Crippen LogP contribution in [0.5, 0.6) is 5.75 Å². The Morgan fingerprint density at radius 1 is 1.00 bits per heavy atom. The summed E-state index contributed by atoms with van der Waals surface area (Å²) >= 11 is 7.24. The van der Waals surface area contributed by atoms with Gasteiger partial charge in [0, 0.05) is 29.8 Å². The molecule has 0 spiro atoms. The van der Waals surface area contributed by atoms with E-state index in [1.54, 1.807) is 0 Å². The van der Waals surface area contributed by atoms with Crippen LogP contribution < -0.4 is 9.64 Å². The van der Waals surface area contributed by atoms with Crippen molar-refractivity contribution in [3.05, 3.63) is 69.9 Å². The Kier molecular flexibility index (Phi) is 8.11.